The maximum absolute atomic E-state index is 9.66. The molecule has 1 heteroatoms. The van der Waals surface area contributed by atoms with Gasteiger partial charge in [-0.1, -0.05) is 170 Å². The van der Waals surface area contributed by atoms with Crippen LogP contribution in [0, 0.1) is 0 Å². The van der Waals surface area contributed by atoms with Gasteiger partial charge in [0.1, 0.15) is 0 Å². The number of nitrogens with zero attached hydrogens (tertiary/aromatic N) is 1. The van der Waals surface area contributed by atoms with Gasteiger partial charge in [0.25, 0.3) is 0 Å². The monoisotopic (exact) mass is 612 g/mol. The number of rotatable bonds is 7. The number of para-hydroxylation sites is 1. The molecule has 8 aromatic carbocycles. The molecule has 1 nitrogen and oxygen atoms in total. The van der Waals surface area contributed by atoms with Crippen molar-refractivity contribution in [2.24, 2.45) is 0 Å². The fourth-order valence-corrected chi connectivity index (χ4v) is 5.75. The van der Waals surface area contributed by atoms with Crippen LogP contribution in [0.3, 0.4) is 0 Å². The molecule has 0 bridgehead atoms. The third kappa shape index (κ3) is 5.60. The van der Waals surface area contributed by atoms with E-state index in [9.17, 15) is 11.0 Å². The topological polar surface area (TPSA) is 3.24 Å². The molecule has 8 aromatic rings. The molecule has 47 heavy (non-hydrogen) atoms. The van der Waals surface area contributed by atoms with Crippen molar-refractivity contribution in [3.8, 4) is 44.5 Å². The number of fused-ring (bicyclic) bond motifs is 1. The molecule has 0 spiro atoms. The summed E-state index contributed by atoms with van der Waals surface area (Å²) in [4.78, 5) is 1.21. The molecule has 0 aliphatic carbocycles. The summed E-state index contributed by atoms with van der Waals surface area (Å²) in [5, 5.41) is 1.74. The highest BCUT2D eigenvalue weighted by molar-refractivity contribution is 6.04. The van der Waals surface area contributed by atoms with Crippen molar-refractivity contribution in [2.45, 2.75) is 0 Å². The van der Waals surface area contributed by atoms with E-state index in [1.807, 2.05) is 78.9 Å². The van der Waals surface area contributed by atoms with E-state index in [2.05, 4.69) is 0 Å². The first-order chi connectivity index (χ1) is 28.8. The summed E-state index contributed by atoms with van der Waals surface area (Å²) in [6.07, 6.45) is 0. The second-order valence-corrected chi connectivity index (χ2v) is 10.7. The first kappa shape index (κ1) is 17.5. The highest BCUT2D eigenvalue weighted by Gasteiger charge is 2.18. The summed E-state index contributed by atoms with van der Waals surface area (Å²) in [6, 6.07) is 28.4. The zero-order valence-electron chi connectivity index (χ0n) is 38.0. The van der Waals surface area contributed by atoms with Crippen LogP contribution in [0.2, 0.25) is 0 Å². The molecule has 0 radical (unpaired) electrons. The number of hydrogen-bond acceptors (Lipinski definition) is 1. The second kappa shape index (κ2) is 12.7. The van der Waals surface area contributed by atoms with Crippen LogP contribution in [0.5, 0.6) is 0 Å². The molecule has 0 atom stereocenters. The molecule has 222 valence electrons. The summed E-state index contributed by atoms with van der Waals surface area (Å²) < 4.78 is 117. The molecule has 0 saturated carbocycles. The molecule has 0 fully saturated rings. The Morgan fingerprint density at radius 2 is 0.915 bits per heavy atom. The van der Waals surface area contributed by atoms with Crippen LogP contribution in [-0.2, 0) is 0 Å². The van der Waals surface area contributed by atoms with Crippen molar-refractivity contribution >= 4 is 27.8 Å². The quantitative estimate of drug-likeness (QED) is 0.173. The lowest BCUT2D eigenvalue weighted by Crippen LogP contribution is -2.11. The molecule has 0 amide bonds. The van der Waals surface area contributed by atoms with Gasteiger partial charge < -0.3 is 4.90 Å². The molecule has 0 heterocycles. The van der Waals surface area contributed by atoms with Gasteiger partial charge in [0.05, 0.1) is 23.5 Å². The molecular formula is C46H33N. The average Bonchev–Trinajstić information content (AvgIpc) is 3.27. The van der Waals surface area contributed by atoms with Crippen molar-refractivity contribution in [2.75, 3.05) is 4.90 Å². The fraction of sp³-hybridized carbons (Fsp3) is 0. The highest BCUT2D eigenvalue weighted by Crippen LogP contribution is 2.43. The summed E-state index contributed by atoms with van der Waals surface area (Å²) in [5.74, 6) is 0. The molecule has 0 aromatic heterocycles. The third-order valence-corrected chi connectivity index (χ3v) is 7.91. The van der Waals surface area contributed by atoms with Crippen molar-refractivity contribution < 1.29 is 17.8 Å². The van der Waals surface area contributed by atoms with E-state index < -0.39 is 95.4 Å². The Morgan fingerprint density at radius 3 is 1.62 bits per heavy atom. The van der Waals surface area contributed by atoms with Crippen molar-refractivity contribution in [1.82, 2.24) is 0 Å². The lowest BCUT2D eigenvalue weighted by atomic mass is 9.89. The van der Waals surface area contributed by atoms with Crippen molar-refractivity contribution in [1.29, 1.82) is 0 Å². The lowest BCUT2D eigenvalue weighted by Gasteiger charge is -2.28. The van der Waals surface area contributed by atoms with Crippen molar-refractivity contribution in [3.05, 3.63) is 200 Å². The van der Waals surface area contributed by atoms with Gasteiger partial charge in [-0.05, 0) is 80.0 Å². The van der Waals surface area contributed by atoms with E-state index in [1.54, 1.807) is 42.5 Å². The second-order valence-electron chi connectivity index (χ2n) is 10.7. The van der Waals surface area contributed by atoms with Crippen LogP contribution >= 0.6 is 0 Å². The fourth-order valence-electron chi connectivity index (χ4n) is 5.75. The van der Waals surface area contributed by atoms with Gasteiger partial charge in [-0.2, -0.15) is 0 Å². The number of benzene rings is 8. The van der Waals surface area contributed by atoms with E-state index in [1.165, 1.54) is 4.90 Å². The van der Waals surface area contributed by atoms with Crippen molar-refractivity contribution in [3.63, 3.8) is 0 Å². The van der Waals surface area contributed by atoms with Crippen LogP contribution in [0.4, 0.5) is 17.1 Å². The predicted molar refractivity (Wildman–Crippen MR) is 200 cm³/mol. The Hall–Kier alpha value is -6.18. The minimum Gasteiger partial charge on any atom is -0.310 e. The Labute approximate surface area is 294 Å². The SMILES string of the molecule is [2H]c1c([2H])c([2H])c(-c2c([2H])c([2H])c(N(c3ccccc3-c3ccccc3)c3c([2H])c([2H])c(-c4ccc5ccccc5c4-c4ccccc4)c([2H])c3[2H])c([2H])c2[2H])c([2H])c1[2H]. The molecule has 0 N–H and O–H groups in total. The van der Waals surface area contributed by atoms with E-state index in [4.69, 9.17) is 6.85 Å². The Kier molecular flexibility index (Phi) is 4.72. The van der Waals surface area contributed by atoms with Crippen LogP contribution in [-0.4, -0.2) is 0 Å². The molecule has 8 rings (SSSR count). The Morgan fingerprint density at radius 1 is 0.362 bits per heavy atom. The standard InChI is InChI=1S/C46H33N/c1-4-14-34(15-5-1)35-24-29-40(30-25-35)47(45-23-13-12-21-42(45)36-16-6-2-7-17-36)41-31-26-38(27-32-41)44-33-28-37-18-10-11-22-43(37)46(44)39-19-8-3-9-20-39/h1-33H/i1D,4D,5D,14D,15D,24D,25D,26D,27D,29D,30D,31D,32D. The summed E-state index contributed by atoms with van der Waals surface area (Å²) in [7, 11) is 0. The minimum atomic E-state index is -0.734. The maximum Gasteiger partial charge on any atom is 0.0645 e. The predicted octanol–water partition coefficient (Wildman–Crippen LogP) is 13.0. The Balaban J connectivity index is 1.47. The third-order valence-electron chi connectivity index (χ3n) is 7.91. The Bertz CT molecular complexity index is 2940. The molecule has 0 aliphatic heterocycles. The number of anilines is 3. The van der Waals surface area contributed by atoms with Gasteiger partial charge in [0.15, 0.2) is 0 Å². The van der Waals surface area contributed by atoms with Crippen LogP contribution < -0.4 is 4.90 Å². The highest BCUT2D eigenvalue weighted by atomic mass is 15.1. The summed E-state index contributed by atoms with van der Waals surface area (Å²) >= 11 is 0. The minimum absolute atomic E-state index is 0.0192. The van der Waals surface area contributed by atoms with E-state index in [0.717, 1.165) is 16.3 Å². The first-order valence-electron chi connectivity index (χ1n) is 21.6. The van der Waals surface area contributed by atoms with Gasteiger partial charge in [0.2, 0.25) is 0 Å². The molecular weight excluding hydrogens is 567 g/mol. The average molecular weight is 613 g/mol. The summed E-state index contributed by atoms with van der Waals surface area (Å²) in [5.41, 5.74) is 1.53. The van der Waals surface area contributed by atoms with Gasteiger partial charge in [-0.3, -0.25) is 0 Å². The van der Waals surface area contributed by atoms with Gasteiger partial charge in [0, 0.05) is 16.9 Å². The number of hydrogen-bond donors (Lipinski definition) is 0. The zero-order chi connectivity index (χ0) is 42.7. The van der Waals surface area contributed by atoms with Gasteiger partial charge >= 0.3 is 0 Å². The van der Waals surface area contributed by atoms with Gasteiger partial charge in [-0.15, -0.1) is 0 Å². The molecule has 0 aliphatic rings. The maximum atomic E-state index is 9.66. The van der Waals surface area contributed by atoms with E-state index >= 15 is 0 Å². The van der Waals surface area contributed by atoms with Crippen LogP contribution in [0.1, 0.15) is 17.8 Å². The van der Waals surface area contributed by atoms with E-state index in [0.29, 0.717) is 22.3 Å². The lowest BCUT2D eigenvalue weighted by molar-refractivity contribution is 1.28. The zero-order valence-corrected chi connectivity index (χ0v) is 25.0. The molecule has 0 unspecified atom stereocenters. The summed E-state index contributed by atoms with van der Waals surface area (Å²) in [6.45, 7) is 0. The largest absolute Gasteiger partial charge is 0.310 e. The normalized spacial score (nSPS) is 14.9. The van der Waals surface area contributed by atoms with Gasteiger partial charge in [-0.25, -0.2) is 0 Å². The van der Waals surface area contributed by atoms with Crippen LogP contribution in [0.25, 0.3) is 55.3 Å². The molecule has 0 saturated heterocycles. The smallest absolute Gasteiger partial charge is 0.0645 e. The van der Waals surface area contributed by atoms with Crippen LogP contribution in [0.15, 0.2) is 200 Å². The first-order valence-corrected chi connectivity index (χ1v) is 15.1. The van der Waals surface area contributed by atoms with E-state index in [-0.39, 0.29) is 16.9 Å².